The number of Topliss-reactive ketones (excluding diaryl/α,β-unsaturated/α-hetero) is 1. The zero-order valence-electron chi connectivity index (χ0n) is 31.9. The summed E-state index contributed by atoms with van der Waals surface area (Å²) in [5.74, 6) is -4.40. The number of carbonyl (C=O) groups excluding carboxylic acids is 7. The number of piperidine rings is 1. The molecule has 300 valence electrons. The molecule has 1 saturated heterocycles. The molecular weight excluding hydrogens is 760 g/mol. The molecule has 2 aliphatic rings. The number of imide groups is 2. The van der Waals surface area contributed by atoms with E-state index >= 15 is 4.39 Å². The van der Waals surface area contributed by atoms with Gasteiger partial charge < -0.3 is 20.7 Å². The van der Waals surface area contributed by atoms with E-state index in [2.05, 4.69) is 26.3 Å². The molecule has 15 heteroatoms. The van der Waals surface area contributed by atoms with Gasteiger partial charge >= 0.3 is 0 Å². The average Bonchev–Trinajstić information content (AvgIpc) is 3.49. The van der Waals surface area contributed by atoms with Crippen LogP contribution in [0.3, 0.4) is 0 Å². The molecule has 0 radical (unpaired) electrons. The number of nitrogens with one attached hydrogen (secondary N) is 4. The molecule has 1 aromatic heterocycles. The Labute approximate surface area is 337 Å². The fourth-order valence-corrected chi connectivity index (χ4v) is 7.11. The van der Waals surface area contributed by atoms with Crippen molar-refractivity contribution in [3.63, 3.8) is 0 Å². The molecule has 7 rings (SSSR count). The number of nitrogens with zero attached hydrogens (tertiary/aromatic N) is 2. The minimum atomic E-state index is -1.12. The van der Waals surface area contributed by atoms with Crippen LogP contribution in [-0.4, -0.2) is 77.4 Å². The number of pyridine rings is 1. The van der Waals surface area contributed by atoms with Gasteiger partial charge in [-0.25, -0.2) is 4.39 Å². The van der Waals surface area contributed by atoms with Crippen molar-refractivity contribution in [2.45, 2.75) is 44.6 Å². The highest BCUT2D eigenvalue weighted by molar-refractivity contribution is 6.24. The highest BCUT2D eigenvalue weighted by atomic mass is 19.1. The largest absolute Gasteiger partial charge is 0.485 e. The van der Waals surface area contributed by atoms with E-state index < -0.39 is 41.4 Å². The molecule has 1 fully saturated rings. The number of ether oxygens (including phenoxy) is 1. The standard InChI is InChI=1S/C44H39FN6O8/c1-46-40(54)32-23-48-34-17-15-25(21-31(34)39(32)49-27-9-4-2-5-10-27)26-14-16-29(33(45)22-26)41(55)47-20-7-3-6-11-28(52)24-59-36-13-8-12-30-38(36)44(58)51(43(30)57)35-18-19-37(53)50-42(35)56/h2,4-5,8-10,12-17,21-23,35H,3,6-7,11,18-20,24H2,1H3,(H,46,54)(H,47,55)(H,48,49)(H,50,53,56). The van der Waals surface area contributed by atoms with Gasteiger partial charge in [-0.15, -0.1) is 0 Å². The highest BCUT2D eigenvalue weighted by Gasteiger charge is 2.46. The molecule has 1 unspecified atom stereocenters. The van der Waals surface area contributed by atoms with Gasteiger partial charge in [0.2, 0.25) is 11.8 Å². The Morgan fingerprint density at radius 3 is 2.41 bits per heavy atom. The molecule has 4 aromatic carbocycles. The first kappa shape index (κ1) is 39.9. The van der Waals surface area contributed by atoms with Crippen LogP contribution in [0.4, 0.5) is 15.8 Å². The Bertz CT molecular complexity index is 2530. The van der Waals surface area contributed by atoms with Crippen LogP contribution in [-0.2, 0) is 14.4 Å². The van der Waals surface area contributed by atoms with Crippen molar-refractivity contribution in [3.8, 4) is 16.9 Å². The second-order valence-corrected chi connectivity index (χ2v) is 14.1. The lowest BCUT2D eigenvalue weighted by molar-refractivity contribution is -0.136. The lowest BCUT2D eigenvalue weighted by Crippen LogP contribution is -2.54. The number of carbonyl (C=O) groups is 7. The van der Waals surface area contributed by atoms with Crippen LogP contribution in [0.5, 0.6) is 5.75 Å². The van der Waals surface area contributed by atoms with E-state index in [-0.39, 0.29) is 66.5 Å². The first-order valence-electron chi connectivity index (χ1n) is 19.1. The molecule has 5 aromatic rings. The van der Waals surface area contributed by atoms with E-state index in [0.717, 1.165) is 10.6 Å². The van der Waals surface area contributed by atoms with Crippen molar-refractivity contribution in [2.75, 3.05) is 25.5 Å². The van der Waals surface area contributed by atoms with E-state index in [4.69, 9.17) is 4.74 Å². The SMILES string of the molecule is CNC(=O)c1cnc2ccc(-c3ccc(C(=O)NCCCCCC(=O)COc4cccc5c4C(=O)N(C4CCC(=O)NC4=O)C5=O)c(F)c3)cc2c1Nc1ccccc1. The topological polar surface area (TPSA) is 193 Å². The van der Waals surface area contributed by atoms with Crippen molar-refractivity contribution < 1.29 is 42.7 Å². The average molecular weight is 799 g/mol. The maximum atomic E-state index is 15.4. The van der Waals surface area contributed by atoms with Gasteiger partial charge in [0.15, 0.2) is 5.78 Å². The number of ketones is 1. The van der Waals surface area contributed by atoms with Crippen molar-refractivity contribution in [1.29, 1.82) is 0 Å². The van der Waals surface area contributed by atoms with Crippen molar-refractivity contribution in [2.24, 2.45) is 0 Å². The zero-order valence-corrected chi connectivity index (χ0v) is 31.9. The maximum Gasteiger partial charge on any atom is 0.266 e. The van der Waals surface area contributed by atoms with Gasteiger partial charge in [0.1, 0.15) is 24.2 Å². The van der Waals surface area contributed by atoms with Crippen LogP contribution >= 0.6 is 0 Å². The fraction of sp³-hybridized carbons (Fsp3) is 0.227. The van der Waals surface area contributed by atoms with Gasteiger partial charge in [-0.1, -0.05) is 42.8 Å². The lowest BCUT2D eigenvalue weighted by atomic mass is 9.99. The highest BCUT2D eigenvalue weighted by Crippen LogP contribution is 2.35. The van der Waals surface area contributed by atoms with Crippen LogP contribution in [0.2, 0.25) is 0 Å². The van der Waals surface area contributed by atoms with Gasteiger partial charge in [-0.2, -0.15) is 0 Å². The van der Waals surface area contributed by atoms with E-state index in [1.807, 2.05) is 36.4 Å². The van der Waals surface area contributed by atoms with Crippen molar-refractivity contribution >= 4 is 63.5 Å². The Morgan fingerprint density at radius 1 is 0.864 bits per heavy atom. The maximum absolute atomic E-state index is 15.4. The molecule has 0 saturated carbocycles. The monoisotopic (exact) mass is 798 g/mol. The number of unbranched alkanes of at least 4 members (excludes halogenated alkanes) is 2. The van der Waals surface area contributed by atoms with Crippen LogP contribution in [0.15, 0.2) is 91.1 Å². The zero-order chi connectivity index (χ0) is 41.6. The minimum Gasteiger partial charge on any atom is -0.485 e. The molecule has 4 N–H and O–H groups in total. The van der Waals surface area contributed by atoms with Crippen LogP contribution in [0.25, 0.3) is 22.0 Å². The number of aromatic nitrogens is 1. The molecule has 14 nitrogen and oxygen atoms in total. The number of hydrogen-bond acceptors (Lipinski definition) is 10. The second-order valence-electron chi connectivity index (χ2n) is 14.1. The Kier molecular flexibility index (Phi) is 11.8. The first-order valence-corrected chi connectivity index (χ1v) is 19.1. The van der Waals surface area contributed by atoms with Crippen molar-refractivity contribution in [3.05, 3.63) is 119 Å². The number of benzene rings is 4. The molecule has 1 atom stereocenters. The van der Waals surface area contributed by atoms with Crippen LogP contribution < -0.4 is 26.0 Å². The summed E-state index contributed by atoms with van der Waals surface area (Å²) < 4.78 is 21.1. The van der Waals surface area contributed by atoms with Gasteiger partial charge in [0.05, 0.1) is 33.5 Å². The number of anilines is 2. The number of halogens is 1. The molecule has 59 heavy (non-hydrogen) atoms. The molecule has 2 aliphatic heterocycles. The predicted molar refractivity (Wildman–Crippen MR) is 215 cm³/mol. The van der Waals surface area contributed by atoms with Crippen LogP contribution in [0.1, 0.15) is 80.0 Å². The summed E-state index contributed by atoms with van der Waals surface area (Å²) >= 11 is 0. The van der Waals surface area contributed by atoms with Gasteiger partial charge in [0, 0.05) is 43.7 Å². The lowest BCUT2D eigenvalue weighted by Gasteiger charge is -2.27. The Hall–Kier alpha value is -7.29. The summed E-state index contributed by atoms with van der Waals surface area (Å²) in [6.45, 7) is -0.0928. The van der Waals surface area contributed by atoms with Gasteiger partial charge in [-0.3, -0.25) is 48.8 Å². The third kappa shape index (κ3) is 8.54. The van der Waals surface area contributed by atoms with Crippen LogP contribution in [0, 0.1) is 5.82 Å². The normalized spacial score (nSPS) is 14.8. The third-order valence-electron chi connectivity index (χ3n) is 10.2. The summed E-state index contributed by atoms with van der Waals surface area (Å²) in [5.41, 5.74) is 3.36. The number of amides is 6. The summed E-state index contributed by atoms with van der Waals surface area (Å²) in [7, 11) is 1.54. The molecule has 0 spiro atoms. The third-order valence-corrected chi connectivity index (χ3v) is 10.2. The summed E-state index contributed by atoms with van der Waals surface area (Å²) in [4.78, 5) is 93.8. The quantitative estimate of drug-likeness (QED) is 0.0779. The smallest absolute Gasteiger partial charge is 0.266 e. The minimum absolute atomic E-state index is 0.00665. The Balaban J connectivity index is 0.896. The molecule has 6 amide bonds. The molecule has 3 heterocycles. The van der Waals surface area contributed by atoms with E-state index in [9.17, 15) is 33.6 Å². The van der Waals surface area contributed by atoms with Crippen molar-refractivity contribution in [1.82, 2.24) is 25.8 Å². The number of rotatable bonds is 15. The Morgan fingerprint density at radius 2 is 1.64 bits per heavy atom. The fourth-order valence-electron chi connectivity index (χ4n) is 7.11. The van der Waals surface area contributed by atoms with E-state index in [1.54, 1.807) is 18.2 Å². The summed E-state index contributed by atoms with van der Waals surface area (Å²) in [6.07, 6.45) is 3.28. The van der Waals surface area contributed by atoms with E-state index in [0.29, 0.717) is 52.5 Å². The summed E-state index contributed by atoms with van der Waals surface area (Å²) in [6, 6.07) is 22.4. The molecule has 0 bridgehead atoms. The summed E-state index contributed by atoms with van der Waals surface area (Å²) in [5, 5.41) is 11.5. The van der Waals surface area contributed by atoms with Gasteiger partial charge in [0.25, 0.3) is 23.6 Å². The predicted octanol–water partition coefficient (Wildman–Crippen LogP) is 5.48. The first-order chi connectivity index (χ1) is 28.5. The molecular formula is C44H39FN6O8. The number of para-hydroxylation sites is 1. The van der Waals surface area contributed by atoms with E-state index in [1.165, 1.54) is 43.6 Å². The molecule has 0 aliphatic carbocycles. The number of hydrogen-bond donors (Lipinski definition) is 4. The second kappa shape index (κ2) is 17.5. The van der Waals surface area contributed by atoms with Gasteiger partial charge in [-0.05, 0) is 78.9 Å². The number of fused-ring (bicyclic) bond motifs is 2.